The summed E-state index contributed by atoms with van der Waals surface area (Å²) in [7, 11) is 0. The lowest BCUT2D eigenvalue weighted by Crippen LogP contribution is -2.38. The molecule has 0 aromatic carbocycles. The molecule has 4 N–H and O–H groups in total. The van der Waals surface area contributed by atoms with Crippen LogP contribution in [-0.4, -0.2) is 71.2 Å². The summed E-state index contributed by atoms with van der Waals surface area (Å²) in [6, 6.07) is 0. The van der Waals surface area contributed by atoms with Crippen molar-refractivity contribution in [3.05, 3.63) is 79.0 Å². The van der Waals surface area contributed by atoms with E-state index >= 15 is 0 Å². The topological polar surface area (TPSA) is 106 Å². The third-order valence-electron chi connectivity index (χ3n) is 5.19. The van der Waals surface area contributed by atoms with Gasteiger partial charge in [0, 0.05) is 37.1 Å². The van der Waals surface area contributed by atoms with E-state index in [0.29, 0.717) is 18.8 Å². The van der Waals surface area contributed by atoms with E-state index in [2.05, 4.69) is 56.9 Å². The highest BCUT2D eigenvalue weighted by atomic mass is 16.3. The Morgan fingerprint density at radius 2 is 2.11 bits per heavy atom. The summed E-state index contributed by atoms with van der Waals surface area (Å²) in [5.74, 6) is -0.144. The summed E-state index contributed by atoms with van der Waals surface area (Å²) in [5, 5.41) is 21.9. The molecule has 1 aromatic rings. The zero-order valence-electron chi connectivity index (χ0n) is 21.7. The molecule has 1 aromatic heterocycles. The van der Waals surface area contributed by atoms with Gasteiger partial charge < -0.3 is 20.6 Å². The van der Waals surface area contributed by atoms with Gasteiger partial charge >= 0.3 is 0 Å². The van der Waals surface area contributed by atoms with Crippen LogP contribution in [0.3, 0.4) is 0 Å². The van der Waals surface area contributed by atoms with Crippen molar-refractivity contribution in [2.24, 2.45) is 4.99 Å². The van der Waals surface area contributed by atoms with Crippen LogP contribution in [0.5, 0.6) is 0 Å². The van der Waals surface area contributed by atoms with Crippen LogP contribution >= 0.6 is 0 Å². The molecule has 0 bridgehead atoms. The van der Waals surface area contributed by atoms with Crippen LogP contribution in [0.25, 0.3) is 12.2 Å². The van der Waals surface area contributed by atoms with Gasteiger partial charge in [0.15, 0.2) is 0 Å². The number of hydrogen-bond acceptors (Lipinski definition) is 6. The molecule has 36 heavy (non-hydrogen) atoms. The number of hydrogen-bond donors (Lipinski definition) is 4. The second kappa shape index (κ2) is 19.9. The Kier molecular flexibility index (Phi) is 17.0. The molecule has 0 aliphatic carbocycles. The van der Waals surface area contributed by atoms with E-state index in [-0.39, 0.29) is 19.1 Å². The first-order chi connectivity index (χ1) is 17.6. The smallest absolute Gasteiger partial charge is 0.238 e. The summed E-state index contributed by atoms with van der Waals surface area (Å²) in [5.41, 5.74) is 3.14. The van der Waals surface area contributed by atoms with Crippen LogP contribution in [0.4, 0.5) is 0 Å². The van der Waals surface area contributed by atoms with E-state index in [1.165, 1.54) is 0 Å². The Balaban J connectivity index is 2.73. The standard InChI is InChI=1S/C28H42N6O2/c1-5-9-10-11-13-26(30-17-16-24-22-31-33-27(24)7-3)15-12-14-25(6-2)32-28(36)23-29-18-19-34(8-4)20-21-35/h6-7,11-17,22,29,35H,2-3,5,8-10,18-21,23H2,1,4H3,(H,31,33)(H,32,36)/b13-11+,15-12+,17-16+,25-14+,30-26-. The van der Waals surface area contributed by atoms with Crippen LogP contribution in [-0.2, 0) is 4.79 Å². The van der Waals surface area contributed by atoms with E-state index in [0.717, 1.165) is 49.3 Å². The van der Waals surface area contributed by atoms with Crippen LogP contribution in [0.1, 0.15) is 44.4 Å². The number of aromatic amines is 1. The number of nitrogens with zero attached hydrogens (tertiary/aromatic N) is 3. The quantitative estimate of drug-likeness (QED) is 0.133. The Hall–Kier alpha value is -3.33. The lowest BCUT2D eigenvalue weighted by Gasteiger charge is -2.19. The molecule has 1 rings (SSSR count). The largest absolute Gasteiger partial charge is 0.395 e. The summed E-state index contributed by atoms with van der Waals surface area (Å²) >= 11 is 0. The maximum Gasteiger partial charge on any atom is 0.238 e. The fourth-order valence-corrected chi connectivity index (χ4v) is 3.10. The number of nitrogens with one attached hydrogen (secondary N) is 3. The number of allylic oxidation sites excluding steroid dienone is 6. The van der Waals surface area contributed by atoms with Crippen molar-refractivity contribution in [3.8, 4) is 0 Å². The number of amides is 1. The predicted octanol–water partition coefficient (Wildman–Crippen LogP) is 3.86. The van der Waals surface area contributed by atoms with E-state index in [1.54, 1.807) is 30.6 Å². The molecular formula is C28H42N6O2. The molecule has 0 aliphatic rings. The Labute approximate surface area is 216 Å². The zero-order valence-corrected chi connectivity index (χ0v) is 21.7. The molecule has 0 spiro atoms. The van der Waals surface area contributed by atoms with Gasteiger partial charge in [-0.25, -0.2) is 0 Å². The minimum absolute atomic E-state index is 0.132. The second-order valence-electron chi connectivity index (χ2n) is 7.93. The van der Waals surface area contributed by atoms with Gasteiger partial charge in [0.2, 0.25) is 5.91 Å². The fourth-order valence-electron chi connectivity index (χ4n) is 3.10. The molecule has 1 heterocycles. The third-order valence-corrected chi connectivity index (χ3v) is 5.19. The van der Waals surface area contributed by atoms with Crippen molar-refractivity contribution in [1.29, 1.82) is 0 Å². The lowest BCUT2D eigenvalue weighted by molar-refractivity contribution is -0.119. The molecular weight excluding hydrogens is 452 g/mol. The molecule has 0 saturated carbocycles. The third kappa shape index (κ3) is 13.5. The molecule has 0 atom stereocenters. The SMILES string of the molecule is C=C\C(=C/C=C/C(/C=C/CCCC)=N\C=C\c1cn[nH]c1C=C)NC(=O)CNCCN(CC)CCO. The number of aliphatic hydroxyl groups excluding tert-OH is 1. The van der Waals surface area contributed by atoms with Crippen LogP contribution in [0.2, 0.25) is 0 Å². The van der Waals surface area contributed by atoms with Gasteiger partial charge in [-0.1, -0.05) is 52.0 Å². The number of aromatic nitrogens is 2. The minimum atomic E-state index is -0.144. The van der Waals surface area contributed by atoms with Crippen molar-refractivity contribution in [2.75, 3.05) is 39.3 Å². The van der Waals surface area contributed by atoms with Crippen LogP contribution in [0, 0.1) is 0 Å². The highest BCUT2D eigenvalue weighted by Crippen LogP contribution is 2.08. The first-order valence-electron chi connectivity index (χ1n) is 12.5. The molecule has 0 fully saturated rings. The zero-order chi connectivity index (χ0) is 26.4. The van der Waals surface area contributed by atoms with Crippen molar-refractivity contribution >= 4 is 23.8 Å². The van der Waals surface area contributed by atoms with E-state index in [4.69, 9.17) is 5.11 Å². The van der Waals surface area contributed by atoms with Crippen LogP contribution in [0.15, 0.2) is 72.7 Å². The first kappa shape index (κ1) is 30.7. The monoisotopic (exact) mass is 494 g/mol. The average molecular weight is 495 g/mol. The predicted molar refractivity (Wildman–Crippen MR) is 151 cm³/mol. The van der Waals surface area contributed by atoms with Gasteiger partial charge in [-0.15, -0.1) is 0 Å². The maximum absolute atomic E-state index is 12.3. The highest BCUT2D eigenvalue weighted by Gasteiger charge is 2.04. The summed E-state index contributed by atoms with van der Waals surface area (Å²) in [6.45, 7) is 15.0. The van der Waals surface area contributed by atoms with Crippen molar-refractivity contribution in [3.63, 3.8) is 0 Å². The number of likely N-dealkylation sites (N-methyl/N-ethyl adjacent to an activating group) is 1. The number of carbonyl (C=O) groups excluding carboxylic acids is 1. The second-order valence-corrected chi connectivity index (χ2v) is 7.93. The van der Waals surface area contributed by atoms with Gasteiger partial charge in [0.05, 0.1) is 30.8 Å². The average Bonchev–Trinajstić information content (AvgIpc) is 3.34. The van der Waals surface area contributed by atoms with Crippen molar-refractivity contribution < 1.29 is 9.90 Å². The molecule has 8 heteroatoms. The molecule has 196 valence electrons. The van der Waals surface area contributed by atoms with Crippen molar-refractivity contribution in [2.45, 2.75) is 33.1 Å². The number of unbranched alkanes of at least 4 members (excludes halogenated alkanes) is 2. The molecule has 0 unspecified atom stereocenters. The number of rotatable bonds is 19. The first-order valence-corrected chi connectivity index (χ1v) is 12.5. The molecule has 8 nitrogen and oxygen atoms in total. The van der Waals surface area contributed by atoms with Gasteiger partial charge in [0.1, 0.15) is 0 Å². The molecule has 0 aliphatic heterocycles. The summed E-state index contributed by atoms with van der Waals surface area (Å²) in [6.07, 6.45) is 21.5. The molecule has 1 amide bonds. The Bertz CT molecular complexity index is 940. The van der Waals surface area contributed by atoms with Crippen molar-refractivity contribution in [1.82, 2.24) is 25.7 Å². The van der Waals surface area contributed by atoms with E-state index < -0.39 is 0 Å². The fraction of sp³-hybridized carbons (Fsp3) is 0.393. The van der Waals surface area contributed by atoms with Gasteiger partial charge in [0.25, 0.3) is 0 Å². The van der Waals surface area contributed by atoms with Gasteiger partial charge in [-0.2, -0.15) is 5.10 Å². The summed E-state index contributed by atoms with van der Waals surface area (Å²) in [4.78, 5) is 18.9. The number of carbonyl (C=O) groups is 1. The number of aliphatic imine (C=N–C) groups is 1. The normalized spacial score (nSPS) is 12.9. The Morgan fingerprint density at radius 1 is 1.28 bits per heavy atom. The summed E-state index contributed by atoms with van der Waals surface area (Å²) < 4.78 is 0. The number of H-pyrrole nitrogens is 1. The van der Waals surface area contributed by atoms with Gasteiger partial charge in [-0.3, -0.25) is 14.9 Å². The minimum Gasteiger partial charge on any atom is -0.395 e. The lowest BCUT2D eigenvalue weighted by atomic mass is 10.2. The Morgan fingerprint density at radius 3 is 2.81 bits per heavy atom. The number of aliphatic hydroxyl groups is 1. The highest BCUT2D eigenvalue weighted by molar-refractivity contribution is 6.04. The van der Waals surface area contributed by atoms with E-state index in [1.807, 2.05) is 31.2 Å². The van der Waals surface area contributed by atoms with E-state index in [9.17, 15) is 4.79 Å². The van der Waals surface area contributed by atoms with Crippen LogP contribution < -0.4 is 10.6 Å². The molecule has 0 saturated heterocycles. The van der Waals surface area contributed by atoms with Gasteiger partial charge in [-0.05, 0) is 49.4 Å². The molecule has 0 radical (unpaired) electrons. The maximum atomic E-state index is 12.3.